The lowest BCUT2D eigenvalue weighted by Gasteiger charge is -2.25. The van der Waals surface area contributed by atoms with Gasteiger partial charge in [0.25, 0.3) is 0 Å². The molecule has 0 aromatic heterocycles. The van der Waals surface area contributed by atoms with Crippen LogP contribution in [0.1, 0.15) is 32.3 Å². The molecule has 1 aromatic carbocycles. The molecule has 1 N–H and O–H groups in total. The summed E-state index contributed by atoms with van der Waals surface area (Å²) in [6.45, 7) is 3.97. The maximum Gasteiger partial charge on any atom is 0.407 e. The number of nitrogens with one attached hydrogen (secondary N) is 1. The summed E-state index contributed by atoms with van der Waals surface area (Å²) in [6.07, 6.45) is 0.750. The SMILES string of the molecule is CC1(C)C(=O)CCC1NC(=O)OCc1ccccc1. The van der Waals surface area contributed by atoms with Gasteiger partial charge in [0.2, 0.25) is 0 Å². The van der Waals surface area contributed by atoms with Crippen LogP contribution in [-0.2, 0) is 16.1 Å². The summed E-state index contributed by atoms with van der Waals surface area (Å²) in [5.74, 6) is 0.195. The second kappa shape index (κ2) is 5.43. The average molecular weight is 261 g/mol. The molecule has 1 amide bonds. The van der Waals surface area contributed by atoms with Gasteiger partial charge in [-0.15, -0.1) is 0 Å². The Morgan fingerprint density at radius 3 is 2.63 bits per heavy atom. The third kappa shape index (κ3) is 3.13. The lowest BCUT2D eigenvalue weighted by molar-refractivity contribution is -0.124. The first-order valence-electron chi connectivity index (χ1n) is 6.50. The Labute approximate surface area is 113 Å². The fourth-order valence-electron chi connectivity index (χ4n) is 2.31. The van der Waals surface area contributed by atoms with E-state index in [0.29, 0.717) is 12.8 Å². The number of ketones is 1. The number of amides is 1. The van der Waals surface area contributed by atoms with E-state index in [1.807, 2.05) is 44.2 Å². The highest BCUT2D eigenvalue weighted by Gasteiger charge is 2.42. The second-order valence-electron chi connectivity index (χ2n) is 5.44. The molecule has 0 heterocycles. The third-order valence-corrected chi connectivity index (χ3v) is 3.75. The Morgan fingerprint density at radius 2 is 2.05 bits per heavy atom. The third-order valence-electron chi connectivity index (χ3n) is 3.75. The van der Waals surface area contributed by atoms with Gasteiger partial charge in [0.05, 0.1) is 0 Å². The van der Waals surface area contributed by atoms with E-state index in [4.69, 9.17) is 4.74 Å². The number of benzene rings is 1. The van der Waals surface area contributed by atoms with Gasteiger partial charge in [-0.25, -0.2) is 4.79 Å². The van der Waals surface area contributed by atoms with E-state index >= 15 is 0 Å². The summed E-state index contributed by atoms with van der Waals surface area (Å²) in [5.41, 5.74) is 0.450. The molecule has 1 fully saturated rings. The molecule has 1 aliphatic rings. The van der Waals surface area contributed by atoms with Crippen molar-refractivity contribution in [3.63, 3.8) is 0 Å². The maximum absolute atomic E-state index is 11.7. The van der Waals surface area contributed by atoms with Crippen molar-refractivity contribution >= 4 is 11.9 Å². The normalized spacial score (nSPS) is 21.2. The molecular weight excluding hydrogens is 242 g/mol. The molecule has 4 nitrogen and oxygen atoms in total. The van der Waals surface area contributed by atoms with Crippen LogP contribution in [0.5, 0.6) is 0 Å². The first-order valence-corrected chi connectivity index (χ1v) is 6.50. The molecular formula is C15H19NO3. The fourth-order valence-corrected chi connectivity index (χ4v) is 2.31. The zero-order chi connectivity index (χ0) is 13.9. The zero-order valence-corrected chi connectivity index (χ0v) is 11.3. The molecule has 19 heavy (non-hydrogen) atoms. The molecule has 1 aliphatic carbocycles. The van der Waals surface area contributed by atoms with Crippen molar-refractivity contribution in [1.29, 1.82) is 0 Å². The van der Waals surface area contributed by atoms with Crippen molar-refractivity contribution in [3.8, 4) is 0 Å². The number of hydrogen-bond acceptors (Lipinski definition) is 3. The van der Waals surface area contributed by atoms with Crippen LogP contribution < -0.4 is 5.32 Å². The Morgan fingerprint density at radius 1 is 1.37 bits per heavy atom. The highest BCUT2D eigenvalue weighted by atomic mass is 16.5. The van der Waals surface area contributed by atoms with Crippen molar-refractivity contribution in [3.05, 3.63) is 35.9 Å². The van der Waals surface area contributed by atoms with E-state index < -0.39 is 11.5 Å². The van der Waals surface area contributed by atoms with Crippen LogP contribution >= 0.6 is 0 Å². The summed E-state index contributed by atoms with van der Waals surface area (Å²) in [6, 6.07) is 9.37. The lowest BCUT2D eigenvalue weighted by Crippen LogP contribution is -2.44. The lowest BCUT2D eigenvalue weighted by atomic mass is 9.86. The monoisotopic (exact) mass is 261 g/mol. The van der Waals surface area contributed by atoms with Crippen LogP contribution in [0.3, 0.4) is 0 Å². The van der Waals surface area contributed by atoms with Crippen LogP contribution in [0.2, 0.25) is 0 Å². The molecule has 0 spiro atoms. The number of carbonyl (C=O) groups is 2. The van der Waals surface area contributed by atoms with Crippen molar-refractivity contribution < 1.29 is 14.3 Å². The van der Waals surface area contributed by atoms with Gasteiger partial charge >= 0.3 is 6.09 Å². The van der Waals surface area contributed by atoms with Gasteiger partial charge < -0.3 is 10.1 Å². The fraction of sp³-hybridized carbons (Fsp3) is 0.467. The molecule has 2 rings (SSSR count). The van der Waals surface area contributed by atoms with Crippen LogP contribution in [0.25, 0.3) is 0 Å². The Hall–Kier alpha value is -1.84. The van der Waals surface area contributed by atoms with Crippen molar-refractivity contribution in [2.75, 3.05) is 0 Å². The van der Waals surface area contributed by atoms with Crippen LogP contribution in [0.4, 0.5) is 4.79 Å². The van der Waals surface area contributed by atoms with E-state index in [1.54, 1.807) is 0 Å². The van der Waals surface area contributed by atoms with Gasteiger partial charge in [-0.05, 0) is 12.0 Å². The standard InChI is InChI=1S/C15H19NO3/c1-15(2)12(8-9-13(15)17)16-14(18)19-10-11-6-4-3-5-7-11/h3-7,12H,8-10H2,1-2H3,(H,16,18). The zero-order valence-electron chi connectivity index (χ0n) is 11.3. The van der Waals surface area contributed by atoms with Crippen LogP contribution in [-0.4, -0.2) is 17.9 Å². The van der Waals surface area contributed by atoms with Gasteiger partial charge in [-0.1, -0.05) is 44.2 Å². The molecule has 0 saturated heterocycles. The van der Waals surface area contributed by atoms with Gasteiger partial charge in [0.15, 0.2) is 0 Å². The van der Waals surface area contributed by atoms with E-state index in [0.717, 1.165) is 5.56 Å². The summed E-state index contributed by atoms with van der Waals surface area (Å²) >= 11 is 0. The molecule has 0 bridgehead atoms. The summed E-state index contributed by atoms with van der Waals surface area (Å²) < 4.78 is 5.16. The van der Waals surface area contributed by atoms with E-state index in [-0.39, 0.29) is 18.4 Å². The highest BCUT2D eigenvalue weighted by molar-refractivity contribution is 5.88. The van der Waals surface area contributed by atoms with Gasteiger partial charge in [0.1, 0.15) is 12.4 Å². The van der Waals surface area contributed by atoms with Crippen LogP contribution in [0.15, 0.2) is 30.3 Å². The largest absolute Gasteiger partial charge is 0.445 e. The number of ether oxygens (including phenoxy) is 1. The minimum atomic E-state index is -0.494. The Bertz CT molecular complexity index is 468. The number of Topliss-reactive ketones (excluding diaryl/α,β-unsaturated/α-hetero) is 1. The van der Waals surface area contributed by atoms with Gasteiger partial charge in [-0.3, -0.25) is 4.79 Å². The molecule has 4 heteroatoms. The first kappa shape index (κ1) is 13.6. The van der Waals surface area contributed by atoms with Crippen LogP contribution in [0, 0.1) is 5.41 Å². The molecule has 1 saturated carbocycles. The van der Waals surface area contributed by atoms with Crippen molar-refractivity contribution in [2.45, 2.75) is 39.3 Å². The molecule has 102 valence electrons. The topological polar surface area (TPSA) is 55.4 Å². The van der Waals surface area contributed by atoms with E-state index in [9.17, 15) is 9.59 Å². The smallest absolute Gasteiger partial charge is 0.407 e. The summed E-state index contributed by atoms with van der Waals surface area (Å²) in [5, 5.41) is 2.79. The molecule has 1 atom stereocenters. The van der Waals surface area contributed by atoms with Gasteiger partial charge in [-0.2, -0.15) is 0 Å². The van der Waals surface area contributed by atoms with Gasteiger partial charge in [0, 0.05) is 17.9 Å². The quantitative estimate of drug-likeness (QED) is 0.910. The maximum atomic E-state index is 11.7. The first-order chi connectivity index (χ1) is 9.00. The second-order valence-corrected chi connectivity index (χ2v) is 5.44. The molecule has 0 radical (unpaired) electrons. The number of hydrogen-bond donors (Lipinski definition) is 1. The van der Waals surface area contributed by atoms with Crippen molar-refractivity contribution in [2.24, 2.45) is 5.41 Å². The predicted octanol–water partition coefficient (Wildman–Crippen LogP) is 2.67. The minimum absolute atomic E-state index is 0.136. The average Bonchev–Trinajstić information content (AvgIpc) is 2.64. The number of alkyl carbamates (subject to hydrolysis) is 1. The van der Waals surface area contributed by atoms with Crippen molar-refractivity contribution in [1.82, 2.24) is 5.32 Å². The Balaban J connectivity index is 1.84. The van der Waals surface area contributed by atoms with E-state index in [2.05, 4.69) is 5.32 Å². The molecule has 0 aliphatic heterocycles. The molecule has 1 unspecified atom stereocenters. The molecule has 1 aromatic rings. The van der Waals surface area contributed by atoms with E-state index in [1.165, 1.54) is 0 Å². The Kier molecular flexibility index (Phi) is 3.88. The highest BCUT2D eigenvalue weighted by Crippen LogP contribution is 2.34. The minimum Gasteiger partial charge on any atom is -0.445 e. The number of rotatable bonds is 3. The predicted molar refractivity (Wildman–Crippen MR) is 71.6 cm³/mol. The number of carbonyl (C=O) groups excluding carboxylic acids is 2. The summed E-state index contributed by atoms with van der Waals surface area (Å²) in [7, 11) is 0. The summed E-state index contributed by atoms with van der Waals surface area (Å²) in [4.78, 5) is 23.4.